The Bertz CT molecular complexity index is 836. The van der Waals surface area contributed by atoms with E-state index in [-0.39, 0.29) is 5.54 Å². The van der Waals surface area contributed by atoms with Crippen molar-refractivity contribution in [1.29, 1.82) is 0 Å². The van der Waals surface area contributed by atoms with Crippen molar-refractivity contribution in [2.75, 3.05) is 6.54 Å². The molecule has 0 saturated carbocycles. The lowest BCUT2D eigenvalue weighted by Gasteiger charge is -2.41. The smallest absolute Gasteiger partial charge is 0.223 e. The normalized spacial score (nSPS) is 21.4. The molecule has 0 aliphatic carbocycles. The minimum absolute atomic E-state index is 0.107. The molecule has 1 aromatic carbocycles. The van der Waals surface area contributed by atoms with E-state index in [2.05, 4.69) is 47.6 Å². The summed E-state index contributed by atoms with van der Waals surface area (Å²) in [6.45, 7) is 6.55. The lowest BCUT2D eigenvalue weighted by Crippen LogP contribution is -2.47. The highest BCUT2D eigenvalue weighted by atomic mass is 16.2. The summed E-state index contributed by atoms with van der Waals surface area (Å²) in [5.41, 5.74) is 4.21. The van der Waals surface area contributed by atoms with Gasteiger partial charge in [-0.2, -0.15) is 0 Å². The van der Waals surface area contributed by atoms with Gasteiger partial charge in [0.2, 0.25) is 5.91 Å². The summed E-state index contributed by atoms with van der Waals surface area (Å²) in [6.07, 6.45) is 13.5. The fourth-order valence-corrected chi connectivity index (χ4v) is 5.62. The van der Waals surface area contributed by atoms with Gasteiger partial charge in [0.1, 0.15) is 0 Å². The number of amides is 1. The first kappa shape index (κ1) is 19.5. The van der Waals surface area contributed by atoms with Gasteiger partial charge in [0.05, 0.1) is 5.54 Å². The van der Waals surface area contributed by atoms with Crippen LogP contribution in [-0.4, -0.2) is 21.9 Å². The van der Waals surface area contributed by atoms with Crippen molar-refractivity contribution in [1.82, 2.24) is 9.47 Å². The third-order valence-electron chi connectivity index (χ3n) is 7.13. The summed E-state index contributed by atoms with van der Waals surface area (Å²) < 4.78 is 2.58. The summed E-state index contributed by atoms with van der Waals surface area (Å²) in [6, 6.07) is 8.90. The fourth-order valence-electron chi connectivity index (χ4n) is 5.62. The number of hydrogen-bond donors (Lipinski definition) is 0. The molecular formula is C25H36N2O. The van der Waals surface area contributed by atoms with Gasteiger partial charge in [0.15, 0.2) is 0 Å². The number of para-hydroxylation sites is 1. The zero-order chi connectivity index (χ0) is 19.6. The molecule has 1 amide bonds. The molecule has 1 saturated heterocycles. The second-order valence-corrected chi connectivity index (χ2v) is 9.04. The predicted molar refractivity (Wildman–Crippen MR) is 117 cm³/mol. The molecule has 0 radical (unpaired) electrons. The first-order valence-electron chi connectivity index (χ1n) is 11.6. The van der Waals surface area contributed by atoms with Crippen LogP contribution >= 0.6 is 0 Å². The summed E-state index contributed by atoms with van der Waals surface area (Å²) in [4.78, 5) is 14.6. The summed E-state index contributed by atoms with van der Waals surface area (Å²) in [7, 11) is 0. The van der Waals surface area contributed by atoms with E-state index in [0.717, 1.165) is 25.9 Å². The predicted octanol–water partition coefficient (Wildman–Crippen LogP) is 6.18. The van der Waals surface area contributed by atoms with Gasteiger partial charge in [0.25, 0.3) is 0 Å². The molecule has 4 rings (SSSR count). The van der Waals surface area contributed by atoms with Gasteiger partial charge in [-0.25, -0.2) is 0 Å². The molecular weight excluding hydrogens is 344 g/mol. The second kappa shape index (κ2) is 8.31. The van der Waals surface area contributed by atoms with Gasteiger partial charge in [-0.05, 0) is 37.8 Å². The van der Waals surface area contributed by atoms with Gasteiger partial charge < -0.3 is 9.47 Å². The van der Waals surface area contributed by atoms with Crippen LogP contribution in [-0.2, 0) is 23.3 Å². The van der Waals surface area contributed by atoms with Gasteiger partial charge in [-0.15, -0.1) is 0 Å². The van der Waals surface area contributed by atoms with Crippen LogP contribution in [0.15, 0.2) is 24.3 Å². The number of unbranched alkanes of at least 4 members (excludes halogenated alkanes) is 7. The van der Waals surface area contributed by atoms with Crippen molar-refractivity contribution in [3.8, 4) is 0 Å². The van der Waals surface area contributed by atoms with Crippen LogP contribution < -0.4 is 0 Å². The van der Waals surface area contributed by atoms with E-state index >= 15 is 0 Å². The molecule has 3 heterocycles. The molecule has 2 aliphatic heterocycles. The summed E-state index contributed by atoms with van der Waals surface area (Å²) in [5, 5.41) is 1.41. The van der Waals surface area contributed by atoms with Crippen molar-refractivity contribution in [2.24, 2.45) is 0 Å². The van der Waals surface area contributed by atoms with Crippen molar-refractivity contribution < 1.29 is 4.79 Å². The van der Waals surface area contributed by atoms with Gasteiger partial charge in [-0.1, -0.05) is 70.1 Å². The number of aryl methyl sites for hydroxylation is 1. The standard InChI is InChI=1S/C25H36N2O/c1-3-4-5-6-7-8-9-12-18-26-22-14-11-10-13-20(22)21-16-19-27-23(28)15-17-25(27,2)24(21)26/h10-11,13-14H,3-9,12,15-19H2,1-2H3. The van der Waals surface area contributed by atoms with E-state index in [4.69, 9.17) is 0 Å². The highest BCUT2D eigenvalue weighted by Crippen LogP contribution is 2.47. The van der Waals surface area contributed by atoms with Gasteiger partial charge in [-0.3, -0.25) is 4.79 Å². The minimum Gasteiger partial charge on any atom is -0.342 e. The molecule has 1 unspecified atom stereocenters. The Morgan fingerprint density at radius 2 is 1.68 bits per heavy atom. The third kappa shape index (κ3) is 3.38. The van der Waals surface area contributed by atoms with Crippen LogP contribution in [0.25, 0.3) is 10.9 Å². The second-order valence-electron chi connectivity index (χ2n) is 9.04. The van der Waals surface area contributed by atoms with Crippen molar-refractivity contribution >= 4 is 16.8 Å². The Morgan fingerprint density at radius 1 is 0.964 bits per heavy atom. The fraction of sp³-hybridized carbons (Fsp3) is 0.640. The Hall–Kier alpha value is -1.77. The highest BCUT2D eigenvalue weighted by molar-refractivity contribution is 5.88. The molecule has 3 heteroatoms. The topological polar surface area (TPSA) is 25.2 Å². The molecule has 2 aromatic rings. The number of fused-ring (bicyclic) bond motifs is 5. The first-order chi connectivity index (χ1) is 13.7. The molecule has 28 heavy (non-hydrogen) atoms. The van der Waals surface area contributed by atoms with Crippen molar-refractivity contribution in [3.63, 3.8) is 0 Å². The minimum atomic E-state index is -0.107. The average molecular weight is 381 g/mol. The molecule has 2 aliphatic rings. The van der Waals surface area contributed by atoms with E-state index in [1.165, 1.54) is 73.5 Å². The average Bonchev–Trinajstić information content (AvgIpc) is 3.19. The van der Waals surface area contributed by atoms with Crippen LogP contribution in [0.3, 0.4) is 0 Å². The molecule has 1 aromatic heterocycles. The van der Waals surface area contributed by atoms with E-state index in [1.54, 1.807) is 0 Å². The zero-order valence-corrected chi connectivity index (χ0v) is 17.8. The van der Waals surface area contributed by atoms with Gasteiger partial charge >= 0.3 is 0 Å². The Kier molecular flexibility index (Phi) is 5.80. The number of benzene rings is 1. The number of hydrogen-bond acceptors (Lipinski definition) is 1. The Labute approximate surface area is 170 Å². The maximum Gasteiger partial charge on any atom is 0.223 e. The van der Waals surface area contributed by atoms with Crippen LogP contribution in [0.4, 0.5) is 0 Å². The lowest BCUT2D eigenvalue weighted by atomic mass is 9.86. The molecule has 1 atom stereocenters. The molecule has 1 fully saturated rings. The van der Waals surface area contributed by atoms with Crippen molar-refractivity contribution in [3.05, 3.63) is 35.5 Å². The quantitative estimate of drug-likeness (QED) is 0.477. The largest absolute Gasteiger partial charge is 0.342 e. The highest BCUT2D eigenvalue weighted by Gasteiger charge is 2.48. The molecule has 152 valence electrons. The summed E-state index contributed by atoms with van der Waals surface area (Å²) in [5.74, 6) is 0.344. The van der Waals surface area contributed by atoms with Gasteiger partial charge in [0, 0.05) is 36.1 Å². The van der Waals surface area contributed by atoms with E-state index in [1.807, 2.05) is 0 Å². The zero-order valence-electron chi connectivity index (χ0n) is 17.8. The SMILES string of the molecule is CCCCCCCCCCn1c2c(c3ccccc31)CCN1C(=O)CCC21C. The van der Waals surface area contributed by atoms with Crippen LogP contribution in [0, 0.1) is 0 Å². The number of rotatable bonds is 9. The maximum absolute atomic E-state index is 12.5. The summed E-state index contributed by atoms with van der Waals surface area (Å²) >= 11 is 0. The third-order valence-corrected chi connectivity index (χ3v) is 7.13. The van der Waals surface area contributed by atoms with Crippen molar-refractivity contribution in [2.45, 2.75) is 96.6 Å². The van der Waals surface area contributed by atoms with Crippen LogP contribution in [0.2, 0.25) is 0 Å². The number of aromatic nitrogens is 1. The molecule has 3 nitrogen and oxygen atoms in total. The van der Waals surface area contributed by atoms with Crippen LogP contribution in [0.1, 0.15) is 89.3 Å². The molecule has 0 spiro atoms. The van der Waals surface area contributed by atoms with E-state index in [9.17, 15) is 4.79 Å². The first-order valence-corrected chi connectivity index (χ1v) is 11.6. The number of carbonyl (C=O) groups excluding carboxylic acids is 1. The maximum atomic E-state index is 12.5. The van der Waals surface area contributed by atoms with Crippen LogP contribution in [0.5, 0.6) is 0 Å². The Morgan fingerprint density at radius 3 is 2.46 bits per heavy atom. The monoisotopic (exact) mass is 380 g/mol. The number of nitrogens with zero attached hydrogens (tertiary/aromatic N) is 2. The molecule has 0 N–H and O–H groups in total. The number of carbonyl (C=O) groups is 1. The molecule has 0 bridgehead atoms. The lowest BCUT2D eigenvalue weighted by molar-refractivity contribution is -0.131. The van der Waals surface area contributed by atoms with E-state index < -0.39 is 0 Å². The Balaban J connectivity index is 1.52. The van der Waals surface area contributed by atoms with E-state index in [0.29, 0.717) is 12.3 Å².